The van der Waals surface area contributed by atoms with Crippen LogP contribution >= 0.6 is 11.8 Å². The lowest BCUT2D eigenvalue weighted by Crippen LogP contribution is -2.60. The Bertz CT molecular complexity index is 2260. The van der Waals surface area contributed by atoms with E-state index in [0.717, 1.165) is 89.5 Å². The van der Waals surface area contributed by atoms with E-state index in [2.05, 4.69) is 65.7 Å². The highest BCUT2D eigenvalue weighted by molar-refractivity contribution is 8.00. The number of hydrogen-bond donors (Lipinski definition) is 5. The molecule has 4 unspecified atom stereocenters. The summed E-state index contributed by atoms with van der Waals surface area (Å²) in [6, 6.07) is 0.390. The average Bonchev–Trinajstić information content (AvgIpc) is 1.48. The van der Waals surface area contributed by atoms with Crippen molar-refractivity contribution in [2.45, 2.75) is 230 Å². The van der Waals surface area contributed by atoms with Crippen LogP contribution in [0.3, 0.4) is 0 Å². The molecule has 4 amide bonds. The molecule has 2 spiro atoms. The maximum absolute atomic E-state index is 13.7. The van der Waals surface area contributed by atoms with E-state index in [1.807, 2.05) is 44.4 Å². The molecule has 4 saturated heterocycles. The maximum Gasteiger partial charge on any atom is 0.315 e. The van der Waals surface area contributed by atoms with Gasteiger partial charge in [0.15, 0.2) is 12.0 Å². The van der Waals surface area contributed by atoms with Crippen molar-refractivity contribution in [2.75, 3.05) is 97.9 Å². The van der Waals surface area contributed by atoms with Gasteiger partial charge in [-0.25, -0.2) is 4.79 Å². The highest BCUT2D eigenvalue weighted by atomic mass is 32.2. The predicted molar refractivity (Wildman–Crippen MR) is 317 cm³/mol. The van der Waals surface area contributed by atoms with Crippen LogP contribution in [0.25, 0.3) is 0 Å². The molecule has 5 aliphatic carbocycles. The van der Waals surface area contributed by atoms with E-state index in [1.54, 1.807) is 0 Å². The van der Waals surface area contributed by atoms with E-state index in [1.165, 1.54) is 12.8 Å². The quantitative estimate of drug-likeness (QED) is 0.0336. The zero-order valence-corrected chi connectivity index (χ0v) is 52.9. The zero-order chi connectivity index (χ0) is 59.0. The summed E-state index contributed by atoms with van der Waals surface area (Å²) in [7, 11) is 0. The lowest BCUT2D eigenvalue weighted by Gasteiger charge is -2.64. The summed E-state index contributed by atoms with van der Waals surface area (Å²) in [5.41, 5.74) is -1.33. The van der Waals surface area contributed by atoms with Crippen LogP contribution in [0, 0.1) is 50.7 Å². The van der Waals surface area contributed by atoms with Gasteiger partial charge in [0.05, 0.1) is 75.1 Å². The second-order valence-corrected chi connectivity index (χ2v) is 30.1. The summed E-state index contributed by atoms with van der Waals surface area (Å²) < 4.78 is 44.1. The molecule has 17 atom stereocenters. The maximum atomic E-state index is 13.7. The first kappa shape index (κ1) is 63.8. The molecular weight excluding hydrogens is 1080 g/mol. The minimum Gasteiger partial charge on any atom is -0.390 e. The Kier molecular flexibility index (Phi) is 20.0. The van der Waals surface area contributed by atoms with Crippen LogP contribution in [0.4, 0.5) is 4.79 Å². The van der Waals surface area contributed by atoms with Crippen molar-refractivity contribution in [1.82, 2.24) is 25.8 Å². The minimum absolute atomic E-state index is 0.0394. The molecule has 0 aromatic heterocycles. The summed E-state index contributed by atoms with van der Waals surface area (Å²) in [6.45, 7) is 27.9. The molecule has 5 aliphatic heterocycles. The second-order valence-electron chi connectivity index (χ2n) is 28.9. The Morgan fingerprint density at radius 3 is 2.37 bits per heavy atom. The van der Waals surface area contributed by atoms with Gasteiger partial charge in [0.25, 0.3) is 0 Å². The number of unbranched alkanes of at least 4 members (excludes halogenated alkanes) is 1. The largest absolute Gasteiger partial charge is 0.390 e. The van der Waals surface area contributed by atoms with E-state index >= 15 is 0 Å². The number of nitrogens with one attached hydrogen (secondary N) is 3. The average molecular weight is 1190 g/mol. The molecule has 0 aromatic rings. The lowest BCUT2D eigenvalue weighted by atomic mass is 9.41. The van der Waals surface area contributed by atoms with E-state index in [-0.39, 0.29) is 87.5 Å². The van der Waals surface area contributed by atoms with Crippen LogP contribution in [0.5, 0.6) is 0 Å². The molecule has 19 nitrogen and oxygen atoms in total. The van der Waals surface area contributed by atoms with Gasteiger partial charge in [0.2, 0.25) is 11.8 Å². The van der Waals surface area contributed by atoms with Gasteiger partial charge in [-0.05, 0) is 150 Å². The highest BCUT2D eigenvalue weighted by Gasteiger charge is 2.85. The summed E-state index contributed by atoms with van der Waals surface area (Å²) in [5.74, 6) is 2.73. The summed E-state index contributed by atoms with van der Waals surface area (Å²) >= 11 is 1.91. The van der Waals surface area contributed by atoms with Gasteiger partial charge in [0.1, 0.15) is 6.10 Å². The number of urea groups is 1. The van der Waals surface area contributed by atoms with Crippen molar-refractivity contribution >= 4 is 29.6 Å². The fraction of sp³-hybridized carbons (Fsp3) is 0.952. The third kappa shape index (κ3) is 13.1. The molecule has 83 heavy (non-hydrogen) atoms. The lowest BCUT2D eigenvalue weighted by molar-refractivity contribution is -0.249. The molecule has 472 valence electrons. The smallest absolute Gasteiger partial charge is 0.315 e. The third-order valence-corrected chi connectivity index (χ3v) is 24.7. The molecule has 0 bridgehead atoms. The number of carbonyl (C=O) groups excluding carboxylic acids is 3. The predicted octanol–water partition coefficient (Wildman–Crippen LogP) is 7.48. The van der Waals surface area contributed by atoms with Gasteiger partial charge < -0.3 is 64.2 Å². The molecule has 5 heterocycles. The molecule has 10 aliphatic rings. The topological polar surface area (TPSA) is 224 Å². The number of carbonyl (C=O) groups is 3. The van der Waals surface area contributed by atoms with Crippen LogP contribution < -0.4 is 16.0 Å². The first-order valence-electron chi connectivity index (χ1n) is 32.7. The van der Waals surface area contributed by atoms with Crippen molar-refractivity contribution in [1.29, 1.82) is 0 Å². The van der Waals surface area contributed by atoms with Crippen LogP contribution in [0.2, 0.25) is 0 Å². The van der Waals surface area contributed by atoms with Crippen LogP contribution in [-0.2, 0) is 42.7 Å². The molecule has 0 radical (unpaired) electrons. The fourth-order valence-electron chi connectivity index (χ4n) is 18.8. The highest BCUT2D eigenvalue weighted by Crippen LogP contribution is 2.89. The van der Waals surface area contributed by atoms with Crippen LogP contribution in [0.15, 0.2) is 10.2 Å². The van der Waals surface area contributed by atoms with Crippen LogP contribution in [0.1, 0.15) is 165 Å². The van der Waals surface area contributed by atoms with Crippen molar-refractivity contribution < 1.29 is 57.8 Å². The number of thioether (sulfide) groups is 1. The Balaban J connectivity index is 0.621. The normalized spacial score (nSPS) is 39.3. The van der Waals surface area contributed by atoms with Crippen molar-refractivity contribution in [2.24, 2.45) is 61.0 Å². The Morgan fingerprint density at radius 2 is 1.64 bits per heavy atom. The molecular formula is C63H107N7O12S. The monoisotopic (exact) mass is 1190 g/mol. The van der Waals surface area contributed by atoms with Gasteiger partial charge in [0, 0.05) is 94.8 Å². The Labute approximate surface area is 500 Å². The number of aliphatic hydroxyl groups is 2. The first-order valence-corrected chi connectivity index (χ1v) is 33.7. The Morgan fingerprint density at radius 1 is 0.916 bits per heavy atom. The molecule has 0 aromatic carbocycles. The summed E-state index contributed by atoms with van der Waals surface area (Å²) in [6.07, 6.45) is 12.9. The number of morpholine rings is 1. The standard InChI is InChI=1S/C63H107N7O12S/c1-10-79-55(58(5,6)75)43-37-41(2)51-53(81-43)54(73)61(9)46-18-17-45-57(3,4)47(19-22-62(45)40-63(46,62)24-23-59(51,61)7)82-50-38-69(29-32-80-50)27-28-70(49(72)20-21-60(8)67-68-60)26-14-31-77-34-36-78-35-33-76-30-13-25-64-48(71)16-12-11-15-44-52-42(39-83-44)65-56(74)66-52/h41-47,50-55,73,75H,10-40H2,1-9H3,(H,64,71)(H2,65,66,74)/t41-,42+,43?,44+,45+,46?,47+,50+,51+,52+,53?,54+,55+,59-,61-,62-,63?/m1/s1. The van der Waals surface area contributed by atoms with Crippen molar-refractivity contribution in [3.8, 4) is 0 Å². The van der Waals surface area contributed by atoms with E-state index in [0.29, 0.717) is 121 Å². The van der Waals surface area contributed by atoms with E-state index < -0.39 is 23.5 Å². The molecule has 9 fully saturated rings. The summed E-state index contributed by atoms with van der Waals surface area (Å²) in [5, 5.41) is 41.8. The molecule has 10 rings (SSSR count). The Hall–Kier alpha value is -2.24. The second kappa shape index (κ2) is 26.1. The number of nitrogens with zero attached hydrogens (tertiary/aromatic N) is 4. The number of ether oxygens (including phenoxy) is 7. The molecule has 20 heteroatoms. The van der Waals surface area contributed by atoms with Gasteiger partial charge in [-0.1, -0.05) is 41.0 Å². The first-order chi connectivity index (χ1) is 39.6. The van der Waals surface area contributed by atoms with E-state index in [9.17, 15) is 24.6 Å². The SMILES string of the molecule is CCO[C@@H](C1C[C@@H](C)[C@H]2C(O1)[C@H](O)[C@@]1(C)C3CC[C@H]4C(C)(C)[C@@H](O[C@H]5CN(CCN(CCCOCCOCCOCCCNC(=O)CCCC[C@@H]6SC[C@@H]7NC(=O)N[C@@H]76)C(=O)CCC6(C)N=N6)CCO5)CC[C@@]45CC35CC[C@]21C)C(C)(C)O. The van der Waals surface area contributed by atoms with Gasteiger partial charge in [-0.2, -0.15) is 22.0 Å². The number of rotatable bonds is 31. The summed E-state index contributed by atoms with van der Waals surface area (Å²) in [4.78, 5) is 42.0. The molecule has 5 saturated carbocycles. The van der Waals surface area contributed by atoms with Crippen LogP contribution in [-0.4, -0.2) is 201 Å². The van der Waals surface area contributed by atoms with Gasteiger partial charge >= 0.3 is 6.03 Å². The van der Waals surface area contributed by atoms with Crippen molar-refractivity contribution in [3.63, 3.8) is 0 Å². The minimum atomic E-state index is -1.05. The van der Waals surface area contributed by atoms with Gasteiger partial charge in [-0.15, -0.1) is 0 Å². The van der Waals surface area contributed by atoms with Crippen molar-refractivity contribution in [3.05, 3.63) is 0 Å². The number of hydrogen-bond acceptors (Lipinski definition) is 16. The molecule has 5 N–H and O–H groups in total. The number of amides is 4. The van der Waals surface area contributed by atoms with E-state index in [4.69, 9.17) is 33.2 Å². The van der Waals surface area contributed by atoms with Gasteiger partial charge in [-0.3, -0.25) is 14.5 Å². The zero-order valence-electron chi connectivity index (χ0n) is 52.1. The number of aliphatic hydroxyl groups excluding tert-OH is 1. The third-order valence-electron chi connectivity index (χ3n) is 23.2. The fourth-order valence-corrected chi connectivity index (χ4v) is 20.4. The number of fused-ring (bicyclic) bond motifs is 5.